The first kappa shape index (κ1) is 7.01. The lowest BCUT2D eigenvalue weighted by Gasteiger charge is -1.54. The first-order chi connectivity index (χ1) is 3.89. The summed E-state index contributed by atoms with van der Waals surface area (Å²) in [6.45, 7) is 4.00. The molecule has 0 aliphatic carbocycles. The van der Waals surface area contributed by atoms with Gasteiger partial charge in [-0.15, -0.1) is 0 Å². The van der Waals surface area contributed by atoms with E-state index in [1.165, 1.54) is 12.3 Å². The zero-order valence-corrected chi connectivity index (χ0v) is 4.97. The molecule has 3 nitrogen and oxygen atoms in total. The molecule has 0 bridgehead atoms. The lowest BCUT2D eigenvalue weighted by atomic mass is 10.8. The molecule has 0 amide bonds. The van der Waals surface area contributed by atoms with Crippen molar-refractivity contribution >= 4 is 0 Å². The van der Waals surface area contributed by atoms with Crippen molar-refractivity contribution in [3.05, 3.63) is 22.7 Å². The topological polar surface area (TPSA) is 46.0 Å². The van der Waals surface area contributed by atoms with Gasteiger partial charge in [-0.1, -0.05) is 13.8 Å². The second-order valence-electron chi connectivity index (χ2n) is 0.887. The van der Waals surface area contributed by atoms with Crippen molar-refractivity contribution in [2.45, 2.75) is 13.8 Å². The molecule has 0 spiro atoms. The van der Waals surface area contributed by atoms with Crippen LogP contribution in [0.3, 0.4) is 0 Å². The van der Waals surface area contributed by atoms with E-state index in [4.69, 9.17) is 0 Å². The number of H-pyrrole nitrogens is 1. The number of hydrogen-bond acceptors (Lipinski definition) is 2. The largest absolute Gasteiger partial charge is 0.387 e. The van der Waals surface area contributed by atoms with Crippen molar-refractivity contribution in [3.63, 3.8) is 0 Å². The summed E-state index contributed by atoms with van der Waals surface area (Å²) in [7, 11) is 0. The molecule has 0 saturated heterocycles. The first-order valence-corrected chi connectivity index (χ1v) is 2.52. The number of aromatic nitrogens is 1. The summed E-state index contributed by atoms with van der Waals surface area (Å²) >= 11 is 0. The van der Waals surface area contributed by atoms with E-state index in [9.17, 15) is 4.79 Å². The molecule has 0 atom stereocenters. The zero-order valence-electron chi connectivity index (χ0n) is 4.97. The summed E-state index contributed by atoms with van der Waals surface area (Å²) in [4.78, 5) is 9.92. The molecule has 46 valence electrons. The van der Waals surface area contributed by atoms with E-state index in [-0.39, 0.29) is 5.56 Å². The van der Waals surface area contributed by atoms with Crippen LogP contribution in [0.15, 0.2) is 21.6 Å². The summed E-state index contributed by atoms with van der Waals surface area (Å²) in [5.74, 6) is 0. The van der Waals surface area contributed by atoms with Gasteiger partial charge in [-0.05, 0) is 0 Å². The molecule has 0 radical (unpaired) electrons. The third-order valence-electron chi connectivity index (χ3n) is 0.447. The van der Waals surface area contributed by atoms with Crippen molar-refractivity contribution < 1.29 is 4.52 Å². The maximum Gasteiger partial charge on any atom is 0.279 e. The Kier molecular flexibility index (Phi) is 3.66. The molecule has 1 aromatic heterocycles. The van der Waals surface area contributed by atoms with Crippen molar-refractivity contribution in [1.82, 2.24) is 5.16 Å². The van der Waals surface area contributed by atoms with Gasteiger partial charge in [0.1, 0.15) is 6.26 Å². The van der Waals surface area contributed by atoms with Crippen LogP contribution in [0.4, 0.5) is 0 Å². The molecule has 3 heteroatoms. The highest BCUT2D eigenvalue weighted by Crippen LogP contribution is 1.62. The average molecular weight is 115 g/mol. The van der Waals surface area contributed by atoms with Crippen LogP contribution in [0.1, 0.15) is 13.8 Å². The number of hydrogen-bond donors (Lipinski definition) is 1. The quantitative estimate of drug-likeness (QED) is 0.548. The lowest BCUT2D eigenvalue weighted by Crippen LogP contribution is -1.91. The Bertz CT molecular complexity index is 148. The minimum Gasteiger partial charge on any atom is -0.387 e. The Labute approximate surface area is 47.3 Å². The lowest BCUT2D eigenvalue weighted by molar-refractivity contribution is 0.413. The molecule has 0 saturated carbocycles. The third kappa shape index (κ3) is 2.23. The zero-order chi connectivity index (χ0) is 6.41. The van der Waals surface area contributed by atoms with Crippen molar-refractivity contribution in [2.75, 3.05) is 0 Å². The van der Waals surface area contributed by atoms with Crippen LogP contribution in [0.5, 0.6) is 0 Å². The summed E-state index contributed by atoms with van der Waals surface area (Å²) in [6.07, 6.45) is 1.29. The number of aromatic amines is 1. The van der Waals surface area contributed by atoms with Gasteiger partial charge >= 0.3 is 0 Å². The molecule has 1 rings (SSSR count). The molecule has 8 heavy (non-hydrogen) atoms. The van der Waals surface area contributed by atoms with E-state index in [0.29, 0.717) is 0 Å². The third-order valence-corrected chi connectivity index (χ3v) is 0.447. The fourth-order valence-corrected chi connectivity index (χ4v) is 0.222. The molecular weight excluding hydrogens is 106 g/mol. The Balaban J connectivity index is 0.000000222. The van der Waals surface area contributed by atoms with E-state index in [1.54, 1.807) is 0 Å². The fraction of sp³-hybridized carbons (Fsp3) is 0.400. The van der Waals surface area contributed by atoms with Gasteiger partial charge in [0, 0.05) is 6.07 Å². The van der Waals surface area contributed by atoms with Crippen molar-refractivity contribution in [3.8, 4) is 0 Å². The van der Waals surface area contributed by atoms with E-state index in [0.717, 1.165) is 0 Å². The molecule has 0 fully saturated rings. The van der Waals surface area contributed by atoms with Crippen molar-refractivity contribution in [1.29, 1.82) is 0 Å². The smallest absolute Gasteiger partial charge is 0.279 e. The van der Waals surface area contributed by atoms with Gasteiger partial charge in [-0.2, -0.15) is 5.16 Å². The fourth-order valence-electron chi connectivity index (χ4n) is 0.222. The van der Waals surface area contributed by atoms with Crippen LogP contribution in [0.2, 0.25) is 0 Å². The van der Waals surface area contributed by atoms with Crippen LogP contribution in [-0.2, 0) is 0 Å². The van der Waals surface area contributed by atoms with Crippen LogP contribution >= 0.6 is 0 Å². The van der Waals surface area contributed by atoms with Gasteiger partial charge in [0.25, 0.3) is 5.56 Å². The maximum atomic E-state index is 9.92. The predicted molar refractivity (Wildman–Crippen MR) is 30.7 cm³/mol. The number of rotatable bonds is 0. The summed E-state index contributed by atoms with van der Waals surface area (Å²) in [5, 5.41) is 2.07. The van der Waals surface area contributed by atoms with Crippen LogP contribution < -0.4 is 5.56 Å². The summed E-state index contributed by atoms with van der Waals surface area (Å²) < 4.78 is 4.28. The standard InChI is InChI=1S/C3H3NO2.C2H6/c5-3-1-2-6-4-3;1-2/h1-2H,(H,4,5);1-2H3. The van der Waals surface area contributed by atoms with Crippen LogP contribution in [0.25, 0.3) is 0 Å². The molecular formula is C5H9NO2. The monoisotopic (exact) mass is 115 g/mol. The highest BCUT2D eigenvalue weighted by Gasteiger charge is 1.73. The molecule has 1 aromatic rings. The minimum atomic E-state index is -0.199. The molecule has 0 aliphatic rings. The Morgan fingerprint density at radius 1 is 1.62 bits per heavy atom. The van der Waals surface area contributed by atoms with E-state index < -0.39 is 0 Å². The van der Waals surface area contributed by atoms with E-state index in [1.807, 2.05) is 13.8 Å². The average Bonchev–Trinajstić information content (AvgIpc) is 2.24. The second kappa shape index (κ2) is 4.18. The van der Waals surface area contributed by atoms with Crippen molar-refractivity contribution in [2.24, 2.45) is 0 Å². The first-order valence-electron chi connectivity index (χ1n) is 2.52. The predicted octanol–water partition coefficient (Wildman–Crippen LogP) is 0.994. The molecule has 0 aromatic carbocycles. The van der Waals surface area contributed by atoms with Gasteiger partial charge in [-0.25, -0.2) is 0 Å². The van der Waals surface area contributed by atoms with Gasteiger partial charge < -0.3 is 4.52 Å². The summed E-state index contributed by atoms with van der Waals surface area (Å²) in [6, 6.07) is 1.31. The molecule has 0 aliphatic heterocycles. The Morgan fingerprint density at radius 3 is 2.38 bits per heavy atom. The Morgan fingerprint density at radius 2 is 2.25 bits per heavy atom. The molecule has 0 unspecified atom stereocenters. The molecule has 1 heterocycles. The number of nitrogens with one attached hydrogen (secondary N) is 1. The highest BCUT2D eigenvalue weighted by molar-refractivity contribution is 4.71. The van der Waals surface area contributed by atoms with E-state index in [2.05, 4.69) is 9.68 Å². The van der Waals surface area contributed by atoms with Crippen LogP contribution in [-0.4, -0.2) is 5.16 Å². The maximum absolute atomic E-state index is 9.92. The normalized spacial score (nSPS) is 7.25. The highest BCUT2D eigenvalue weighted by atomic mass is 16.5. The SMILES string of the molecule is CC.O=c1cco[nH]1. The van der Waals surface area contributed by atoms with Gasteiger partial charge in [0.2, 0.25) is 0 Å². The van der Waals surface area contributed by atoms with Crippen LogP contribution in [0, 0.1) is 0 Å². The minimum absolute atomic E-state index is 0.199. The van der Waals surface area contributed by atoms with Gasteiger partial charge in [-0.3, -0.25) is 4.79 Å². The summed E-state index contributed by atoms with van der Waals surface area (Å²) in [5.41, 5.74) is -0.199. The molecule has 1 N–H and O–H groups in total. The van der Waals surface area contributed by atoms with Gasteiger partial charge in [0.05, 0.1) is 0 Å². The van der Waals surface area contributed by atoms with Gasteiger partial charge in [0.15, 0.2) is 0 Å². The second-order valence-corrected chi connectivity index (χ2v) is 0.887. The Hall–Kier alpha value is -0.990. The van der Waals surface area contributed by atoms with E-state index >= 15 is 0 Å².